The molecule has 0 radical (unpaired) electrons. The number of aryl methyl sites for hydroxylation is 1. The van der Waals surface area contributed by atoms with Gasteiger partial charge in [0.1, 0.15) is 5.82 Å². The molecule has 0 amide bonds. The third-order valence-electron chi connectivity index (χ3n) is 5.36. The first-order chi connectivity index (χ1) is 17.4. The fourth-order valence-corrected chi connectivity index (χ4v) is 3.55. The lowest BCUT2D eigenvalue weighted by molar-refractivity contribution is -0.134. The summed E-state index contributed by atoms with van der Waals surface area (Å²) >= 11 is 0. The highest BCUT2D eigenvalue weighted by Gasteiger charge is 2.39. The number of nitrogens with zero attached hydrogens (tertiary/aromatic N) is 6. The number of rotatable bonds is 9. The fourth-order valence-electron chi connectivity index (χ4n) is 3.55. The topological polar surface area (TPSA) is 157 Å². The summed E-state index contributed by atoms with van der Waals surface area (Å²) in [6, 6.07) is 11.8. The Morgan fingerprint density at radius 2 is 1.97 bits per heavy atom. The van der Waals surface area contributed by atoms with Crippen LogP contribution in [-0.2, 0) is 23.2 Å². The van der Waals surface area contributed by atoms with Crippen molar-refractivity contribution in [2.75, 3.05) is 11.9 Å². The number of hydrogen-bond acceptors (Lipinski definition) is 8. The summed E-state index contributed by atoms with van der Waals surface area (Å²) in [6.07, 6.45) is 7.73. The van der Waals surface area contributed by atoms with Gasteiger partial charge in [-0.3, -0.25) is 9.67 Å². The molecule has 4 heterocycles. The van der Waals surface area contributed by atoms with E-state index in [0.717, 1.165) is 29.3 Å². The summed E-state index contributed by atoms with van der Waals surface area (Å²) in [6.45, 7) is 1.24. The van der Waals surface area contributed by atoms with Crippen LogP contribution in [-0.4, -0.2) is 58.1 Å². The van der Waals surface area contributed by atoms with E-state index >= 15 is 0 Å². The molecule has 3 N–H and O–H groups in total. The average molecular weight is 492 g/mol. The molecule has 0 saturated heterocycles. The highest BCUT2D eigenvalue weighted by atomic mass is 16.5. The molecular weight excluding hydrogens is 466 g/mol. The number of nitrogens with one attached hydrogen (secondary N) is 1. The second kappa shape index (κ2) is 11.1. The van der Waals surface area contributed by atoms with Crippen LogP contribution >= 0.6 is 0 Å². The van der Waals surface area contributed by atoms with E-state index in [1.807, 2.05) is 49.8 Å². The number of carboxylic acids is 2. The van der Waals surface area contributed by atoms with Gasteiger partial charge in [0.15, 0.2) is 5.65 Å². The first-order valence-electron chi connectivity index (χ1n) is 11.1. The molecule has 5 rings (SSSR count). The van der Waals surface area contributed by atoms with E-state index in [4.69, 9.17) is 14.9 Å². The molecule has 186 valence electrons. The molecular formula is C24H25N7O5. The van der Waals surface area contributed by atoms with Gasteiger partial charge in [-0.05, 0) is 24.6 Å². The molecule has 0 aromatic carbocycles. The predicted molar refractivity (Wildman–Crippen MR) is 129 cm³/mol. The van der Waals surface area contributed by atoms with Crippen molar-refractivity contribution < 1.29 is 24.5 Å². The van der Waals surface area contributed by atoms with Crippen molar-refractivity contribution in [2.24, 2.45) is 13.0 Å². The van der Waals surface area contributed by atoms with E-state index < -0.39 is 11.9 Å². The molecule has 2 unspecified atom stereocenters. The van der Waals surface area contributed by atoms with Gasteiger partial charge in [0, 0.05) is 61.3 Å². The molecule has 4 aromatic heterocycles. The van der Waals surface area contributed by atoms with Gasteiger partial charge in [-0.25, -0.2) is 9.59 Å². The van der Waals surface area contributed by atoms with E-state index in [0.29, 0.717) is 43.0 Å². The quantitative estimate of drug-likeness (QED) is 0.297. The van der Waals surface area contributed by atoms with Crippen molar-refractivity contribution in [2.45, 2.75) is 18.9 Å². The molecule has 1 aliphatic rings. The Hall–Kier alpha value is -4.74. The van der Waals surface area contributed by atoms with Gasteiger partial charge in [-0.1, -0.05) is 6.07 Å². The Labute approximate surface area is 205 Å². The lowest BCUT2D eigenvalue weighted by Crippen LogP contribution is -2.09. The molecule has 0 aliphatic heterocycles. The molecule has 0 spiro atoms. The number of carboxylic acid groups (broad SMARTS) is 2. The minimum absolute atomic E-state index is 0.488. The zero-order valence-electron chi connectivity index (χ0n) is 19.4. The number of hydrogen-bond donors (Lipinski definition) is 3. The normalized spacial score (nSPS) is 16.4. The monoisotopic (exact) mass is 491 g/mol. The minimum atomic E-state index is -1.26. The maximum absolute atomic E-state index is 9.55. The molecule has 1 fully saturated rings. The Morgan fingerprint density at radius 1 is 1.17 bits per heavy atom. The average Bonchev–Trinajstić information content (AvgIpc) is 3.26. The molecule has 0 bridgehead atoms. The Balaban J connectivity index is 0.000000331. The van der Waals surface area contributed by atoms with Crippen molar-refractivity contribution in [3.8, 4) is 5.88 Å². The summed E-state index contributed by atoms with van der Waals surface area (Å²) in [4.78, 5) is 28.1. The Morgan fingerprint density at radius 3 is 2.64 bits per heavy atom. The van der Waals surface area contributed by atoms with Crippen molar-refractivity contribution in [3.63, 3.8) is 0 Å². The van der Waals surface area contributed by atoms with E-state index in [9.17, 15) is 9.59 Å². The van der Waals surface area contributed by atoms with Gasteiger partial charge in [0.2, 0.25) is 5.88 Å². The standard InChI is InChI=1S/C20H21N7O.C4H4O4/c1-26-9-6-15(25-26)12-22-19-11-20(24-18-5-8-23-27(18)19)28-13-14-10-16(14)17-4-2-3-7-21-17;5-3(6)1-2-4(7)8/h2-9,11,14,16,22H,10,12-13H2,1H3;1-2H,(H,5,6)(H,7,8). The summed E-state index contributed by atoms with van der Waals surface area (Å²) in [7, 11) is 1.91. The largest absolute Gasteiger partial charge is 0.478 e. The zero-order chi connectivity index (χ0) is 25.5. The van der Waals surface area contributed by atoms with Crippen LogP contribution in [0.1, 0.15) is 23.7 Å². The van der Waals surface area contributed by atoms with Crippen LogP contribution in [0.15, 0.2) is 67.1 Å². The Kier molecular flexibility index (Phi) is 7.54. The molecule has 12 nitrogen and oxygen atoms in total. The van der Waals surface area contributed by atoms with Crippen LogP contribution in [0.2, 0.25) is 0 Å². The SMILES string of the molecule is Cn1ccc(CNc2cc(OCC3CC3c3ccccn3)nc3ccnn23)n1.O=C(O)C=CC(=O)O. The van der Waals surface area contributed by atoms with Crippen molar-refractivity contribution in [1.82, 2.24) is 29.4 Å². The number of fused-ring (bicyclic) bond motifs is 1. The lowest BCUT2D eigenvalue weighted by atomic mass is 10.2. The predicted octanol–water partition coefficient (Wildman–Crippen LogP) is 2.36. The minimum Gasteiger partial charge on any atom is -0.478 e. The van der Waals surface area contributed by atoms with Crippen molar-refractivity contribution in [3.05, 3.63) is 78.5 Å². The van der Waals surface area contributed by atoms with Crippen molar-refractivity contribution in [1.29, 1.82) is 0 Å². The van der Waals surface area contributed by atoms with E-state index in [-0.39, 0.29) is 0 Å². The highest BCUT2D eigenvalue weighted by Crippen LogP contribution is 2.46. The smallest absolute Gasteiger partial charge is 0.328 e. The van der Waals surface area contributed by atoms with Crippen LogP contribution < -0.4 is 10.1 Å². The van der Waals surface area contributed by atoms with Gasteiger partial charge in [0.05, 0.1) is 25.0 Å². The molecule has 12 heteroatoms. The second-order valence-corrected chi connectivity index (χ2v) is 8.09. The van der Waals surface area contributed by atoms with Crippen LogP contribution in [0.4, 0.5) is 5.82 Å². The number of aromatic nitrogens is 6. The molecule has 1 aliphatic carbocycles. The zero-order valence-corrected chi connectivity index (χ0v) is 19.4. The Bertz CT molecular complexity index is 1350. The highest BCUT2D eigenvalue weighted by molar-refractivity contribution is 5.89. The molecule has 2 atom stereocenters. The third kappa shape index (κ3) is 6.65. The van der Waals surface area contributed by atoms with Gasteiger partial charge >= 0.3 is 11.9 Å². The number of anilines is 1. The third-order valence-corrected chi connectivity index (χ3v) is 5.36. The van der Waals surface area contributed by atoms with E-state index in [2.05, 4.69) is 31.5 Å². The van der Waals surface area contributed by atoms with Gasteiger partial charge in [-0.15, -0.1) is 0 Å². The number of ether oxygens (including phenoxy) is 1. The number of aliphatic carboxylic acids is 2. The number of pyridine rings is 1. The van der Waals surface area contributed by atoms with Crippen LogP contribution in [0.5, 0.6) is 5.88 Å². The maximum Gasteiger partial charge on any atom is 0.328 e. The van der Waals surface area contributed by atoms with Crippen LogP contribution in [0.3, 0.4) is 0 Å². The first kappa shape index (κ1) is 24.4. The molecule has 4 aromatic rings. The summed E-state index contributed by atoms with van der Waals surface area (Å²) in [5, 5.41) is 27.7. The maximum atomic E-state index is 9.55. The first-order valence-corrected chi connectivity index (χ1v) is 11.1. The second-order valence-electron chi connectivity index (χ2n) is 8.09. The molecule has 1 saturated carbocycles. The van der Waals surface area contributed by atoms with Crippen LogP contribution in [0.25, 0.3) is 5.65 Å². The van der Waals surface area contributed by atoms with E-state index in [1.165, 1.54) is 0 Å². The summed E-state index contributed by atoms with van der Waals surface area (Å²) < 4.78 is 9.57. The molecule has 36 heavy (non-hydrogen) atoms. The van der Waals surface area contributed by atoms with Gasteiger partial charge < -0.3 is 20.3 Å². The summed E-state index contributed by atoms with van der Waals surface area (Å²) in [5.41, 5.74) is 2.85. The summed E-state index contributed by atoms with van der Waals surface area (Å²) in [5.74, 6) is -0.111. The number of carbonyl (C=O) groups is 2. The van der Waals surface area contributed by atoms with E-state index in [1.54, 1.807) is 15.4 Å². The van der Waals surface area contributed by atoms with Crippen molar-refractivity contribution >= 4 is 23.4 Å². The lowest BCUT2D eigenvalue weighted by Gasteiger charge is -2.10. The van der Waals surface area contributed by atoms with Gasteiger partial charge in [-0.2, -0.15) is 19.7 Å². The fraction of sp³-hybridized carbons (Fsp3) is 0.250. The van der Waals surface area contributed by atoms with Gasteiger partial charge in [0.25, 0.3) is 0 Å². The van der Waals surface area contributed by atoms with Crippen LogP contribution in [0, 0.1) is 5.92 Å².